The number of aromatic hydroxyl groups is 2. The Kier molecular flexibility index (Phi) is 3.36. The Morgan fingerprint density at radius 1 is 0.857 bits per heavy atom. The van der Waals surface area contributed by atoms with Crippen molar-refractivity contribution in [2.24, 2.45) is 0 Å². The van der Waals surface area contributed by atoms with E-state index in [0.29, 0.717) is 5.76 Å². The molecule has 21 heavy (non-hydrogen) atoms. The fourth-order valence-electron chi connectivity index (χ4n) is 2.32. The van der Waals surface area contributed by atoms with Crippen LogP contribution in [0.4, 0.5) is 0 Å². The highest BCUT2D eigenvalue weighted by Crippen LogP contribution is 2.33. The standard InChI is InChI=1S/C17H15NO3/c1-2-15-16(11-3-7-13(19)8-4-11)18-21-17(15)12-5-9-14(20)10-6-12/h3-10,19-20H,2H2,1H3. The molecule has 1 heterocycles. The van der Waals surface area contributed by atoms with Gasteiger partial charge in [0.25, 0.3) is 0 Å². The zero-order valence-corrected chi connectivity index (χ0v) is 11.6. The van der Waals surface area contributed by atoms with Gasteiger partial charge in [-0.1, -0.05) is 12.1 Å². The number of hydrogen-bond donors (Lipinski definition) is 2. The van der Waals surface area contributed by atoms with Crippen molar-refractivity contribution in [1.29, 1.82) is 0 Å². The molecule has 2 aromatic carbocycles. The Morgan fingerprint density at radius 2 is 1.38 bits per heavy atom. The molecule has 4 nitrogen and oxygen atoms in total. The number of hydrogen-bond acceptors (Lipinski definition) is 4. The summed E-state index contributed by atoms with van der Waals surface area (Å²) in [5.74, 6) is 1.15. The zero-order chi connectivity index (χ0) is 14.8. The van der Waals surface area contributed by atoms with E-state index in [1.54, 1.807) is 36.4 Å². The fraction of sp³-hybridized carbons (Fsp3) is 0.118. The van der Waals surface area contributed by atoms with Crippen molar-refractivity contribution in [1.82, 2.24) is 5.16 Å². The number of nitrogens with zero attached hydrogens (tertiary/aromatic N) is 1. The van der Waals surface area contributed by atoms with Crippen molar-refractivity contribution in [3.8, 4) is 34.1 Å². The summed E-state index contributed by atoms with van der Waals surface area (Å²) < 4.78 is 5.50. The van der Waals surface area contributed by atoms with Gasteiger partial charge in [0.1, 0.15) is 17.2 Å². The van der Waals surface area contributed by atoms with E-state index in [4.69, 9.17) is 4.52 Å². The first kappa shape index (κ1) is 13.2. The molecule has 1 aromatic heterocycles. The highest BCUT2D eigenvalue weighted by Gasteiger charge is 2.17. The Bertz CT molecular complexity index is 680. The highest BCUT2D eigenvalue weighted by molar-refractivity contribution is 5.73. The summed E-state index contributed by atoms with van der Waals surface area (Å²) in [5, 5.41) is 22.9. The lowest BCUT2D eigenvalue weighted by Crippen LogP contribution is -1.87. The number of benzene rings is 2. The van der Waals surface area contributed by atoms with Crippen LogP contribution >= 0.6 is 0 Å². The minimum atomic E-state index is 0.218. The Morgan fingerprint density at radius 3 is 1.90 bits per heavy atom. The van der Waals surface area contributed by atoms with E-state index in [1.807, 2.05) is 19.1 Å². The average molecular weight is 281 g/mol. The second-order valence-electron chi connectivity index (χ2n) is 4.79. The van der Waals surface area contributed by atoms with Crippen LogP contribution in [0, 0.1) is 0 Å². The van der Waals surface area contributed by atoms with Gasteiger partial charge in [0.05, 0.1) is 0 Å². The first-order valence-corrected chi connectivity index (χ1v) is 6.76. The topological polar surface area (TPSA) is 66.5 Å². The van der Waals surface area contributed by atoms with E-state index >= 15 is 0 Å². The molecule has 0 spiro atoms. The molecule has 0 aliphatic rings. The van der Waals surface area contributed by atoms with Gasteiger partial charge in [0.15, 0.2) is 5.76 Å². The summed E-state index contributed by atoms with van der Waals surface area (Å²) >= 11 is 0. The van der Waals surface area contributed by atoms with Gasteiger partial charge in [-0.15, -0.1) is 0 Å². The molecular weight excluding hydrogens is 266 g/mol. The van der Waals surface area contributed by atoms with Gasteiger partial charge in [-0.05, 0) is 55.0 Å². The lowest BCUT2D eigenvalue weighted by Gasteiger charge is -2.02. The van der Waals surface area contributed by atoms with E-state index in [9.17, 15) is 10.2 Å². The molecule has 4 heteroatoms. The molecule has 0 saturated heterocycles. The minimum Gasteiger partial charge on any atom is -0.508 e. The molecule has 0 aliphatic heterocycles. The van der Waals surface area contributed by atoms with E-state index in [-0.39, 0.29) is 11.5 Å². The van der Waals surface area contributed by atoms with Crippen molar-refractivity contribution in [3.05, 3.63) is 54.1 Å². The molecule has 0 fully saturated rings. The van der Waals surface area contributed by atoms with Crippen LogP contribution in [0.5, 0.6) is 11.5 Å². The molecule has 3 rings (SSSR count). The monoisotopic (exact) mass is 281 g/mol. The first-order chi connectivity index (χ1) is 10.2. The molecule has 3 aromatic rings. The van der Waals surface area contributed by atoms with Gasteiger partial charge in [0.2, 0.25) is 0 Å². The van der Waals surface area contributed by atoms with Crippen LogP contribution in [-0.4, -0.2) is 15.4 Å². The summed E-state index contributed by atoms with van der Waals surface area (Å²) in [4.78, 5) is 0. The summed E-state index contributed by atoms with van der Waals surface area (Å²) in [6.07, 6.45) is 0.774. The van der Waals surface area contributed by atoms with Gasteiger partial charge in [-0.2, -0.15) is 0 Å². The normalized spacial score (nSPS) is 10.7. The fourth-order valence-corrected chi connectivity index (χ4v) is 2.32. The van der Waals surface area contributed by atoms with Crippen LogP contribution in [0.3, 0.4) is 0 Å². The van der Waals surface area contributed by atoms with Crippen LogP contribution < -0.4 is 0 Å². The Labute approximate surface area is 122 Å². The van der Waals surface area contributed by atoms with Crippen molar-refractivity contribution < 1.29 is 14.7 Å². The van der Waals surface area contributed by atoms with Gasteiger partial charge < -0.3 is 14.7 Å². The maximum absolute atomic E-state index is 9.37. The molecule has 0 bridgehead atoms. The molecule has 0 radical (unpaired) electrons. The molecule has 0 atom stereocenters. The average Bonchev–Trinajstić information content (AvgIpc) is 2.92. The second kappa shape index (κ2) is 5.32. The van der Waals surface area contributed by atoms with Crippen molar-refractivity contribution in [3.63, 3.8) is 0 Å². The predicted octanol–water partition coefficient (Wildman–Crippen LogP) is 3.98. The van der Waals surface area contributed by atoms with Crippen molar-refractivity contribution in [2.45, 2.75) is 13.3 Å². The molecule has 0 amide bonds. The largest absolute Gasteiger partial charge is 0.508 e. The molecule has 0 saturated carbocycles. The van der Waals surface area contributed by atoms with Gasteiger partial charge in [0, 0.05) is 16.7 Å². The van der Waals surface area contributed by atoms with E-state index in [2.05, 4.69) is 5.16 Å². The van der Waals surface area contributed by atoms with Crippen LogP contribution in [0.15, 0.2) is 53.1 Å². The summed E-state index contributed by atoms with van der Waals surface area (Å²) in [5.41, 5.74) is 3.56. The Balaban J connectivity index is 2.08. The Hall–Kier alpha value is -2.75. The maximum atomic E-state index is 9.37. The third-order valence-corrected chi connectivity index (χ3v) is 3.41. The van der Waals surface area contributed by atoms with E-state index < -0.39 is 0 Å². The SMILES string of the molecule is CCc1c(-c2ccc(O)cc2)noc1-c1ccc(O)cc1. The van der Waals surface area contributed by atoms with E-state index in [1.165, 1.54) is 0 Å². The second-order valence-corrected chi connectivity index (χ2v) is 4.79. The third-order valence-electron chi connectivity index (χ3n) is 3.41. The summed E-state index contributed by atoms with van der Waals surface area (Å²) in [6.45, 7) is 2.04. The van der Waals surface area contributed by atoms with Gasteiger partial charge in [-0.3, -0.25) is 0 Å². The lowest BCUT2D eigenvalue weighted by atomic mass is 10.0. The quantitative estimate of drug-likeness (QED) is 0.762. The van der Waals surface area contributed by atoms with Gasteiger partial charge in [-0.25, -0.2) is 0 Å². The van der Waals surface area contributed by atoms with Crippen LogP contribution in [0.25, 0.3) is 22.6 Å². The minimum absolute atomic E-state index is 0.218. The third kappa shape index (κ3) is 2.48. The molecule has 0 aliphatic carbocycles. The van der Waals surface area contributed by atoms with Crippen LogP contribution in [0.2, 0.25) is 0 Å². The maximum Gasteiger partial charge on any atom is 0.170 e. The number of aromatic nitrogens is 1. The van der Waals surface area contributed by atoms with Crippen molar-refractivity contribution >= 4 is 0 Å². The van der Waals surface area contributed by atoms with Gasteiger partial charge >= 0.3 is 0 Å². The van der Waals surface area contributed by atoms with Crippen molar-refractivity contribution in [2.75, 3.05) is 0 Å². The van der Waals surface area contributed by atoms with Crippen LogP contribution in [-0.2, 0) is 6.42 Å². The number of rotatable bonds is 3. The number of phenols is 2. The molecular formula is C17H15NO3. The lowest BCUT2D eigenvalue weighted by molar-refractivity contribution is 0.434. The highest BCUT2D eigenvalue weighted by atomic mass is 16.5. The summed E-state index contributed by atoms with van der Waals surface area (Å²) in [6, 6.07) is 13.7. The predicted molar refractivity (Wildman–Crippen MR) is 80.1 cm³/mol. The number of phenolic OH excluding ortho intramolecular Hbond substituents is 2. The molecule has 0 unspecified atom stereocenters. The summed E-state index contributed by atoms with van der Waals surface area (Å²) in [7, 11) is 0. The van der Waals surface area contributed by atoms with Crippen LogP contribution in [0.1, 0.15) is 12.5 Å². The molecule has 2 N–H and O–H groups in total. The smallest absolute Gasteiger partial charge is 0.170 e. The first-order valence-electron chi connectivity index (χ1n) is 6.76. The molecule has 106 valence electrons. The van der Waals surface area contributed by atoms with E-state index in [0.717, 1.165) is 28.8 Å². The zero-order valence-electron chi connectivity index (χ0n) is 11.6.